The van der Waals surface area contributed by atoms with Crippen LogP contribution in [0.4, 0.5) is 0 Å². The van der Waals surface area contributed by atoms with Crippen LogP contribution in [0.5, 0.6) is 0 Å². The Morgan fingerprint density at radius 2 is 2.00 bits per heavy atom. The van der Waals surface area contributed by atoms with Crippen molar-refractivity contribution in [3.8, 4) is 0 Å². The Balaban J connectivity index is 2.54. The maximum Gasteiger partial charge on any atom is 0.0340 e. The van der Waals surface area contributed by atoms with Gasteiger partial charge >= 0.3 is 0 Å². The number of hydrogen-bond donors (Lipinski definition) is 0. The predicted molar refractivity (Wildman–Crippen MR) is 16.5 cm³/mol. The van der Waals surface area contributed by atoms with Gasteiger partial charge in [0, 0.05) is 7.11 Å². The molecular formula is C3H7O2-. The molecule has 1 unspecified atom stereocenters. The third kappa shape index (κ3) is 3.92. The lowest BCUT2D eigenvalue weighted by atomic mass is 10.8. The van der Waals surface area contributed by atoms with Gasteiger partial charge in [-0.05, 0) is 6.29 Å². The molecule has 5 heavy (non-hydrogen) atoms. The first-order valence-corrected chi connectivity index (χ1v) is 1.46. The molecule has 2 nitrogen and oxygen atoms in total. The average Bonchev–Trinajstić information content (AvgIpc) is 1.38. The summed E-state index contributed by atoms with van der Waals surface area (Å²) >= 11 is 0. The summed E-state index contributed by atoms with van der Waals surface area (Å²) in [6, 6.07) is 0. The van der Waals surface area contributed by atoms with Crippen LogP contribution in [0.25, 0.3) is 0 Å². The highest BCUT2D eigenvalue weighted by atomic mass is 16.6. The lowest BCUT2D eigenvalue weighted by Crippen LogP contribution is -2.21. The third-order valence-corrected chi connectivity index (χ3v) is 0.332. The zero-order valence-corrected chi connectivity index (χ0v) is 3.39. The summed E-state index contributed by atoms with van der Waals surface area (Å²) in [7, 11) is 1.39. The van der Waals surface area contributed by atoms with Gasteiger partial charge in [-0.3, -0.25) is 0 Å². The van der Waals surface area contributed by atoms with Gasteiger partial charge in [0.2, 0.25) is 0 Å². The smallest absolute Gasteiger partial charge is 0.0340 e. The summed E-state index contributed by atoms with van der Waals surface area (Å²) in [4.78, 5) is 0. The van der Waals surface area contributed by atoms with E-state index < -0.39 is 6.29 Å². The number of ether oxygens (including phenoxy) is 1. The largest absolute Gasteiger partial charge is 0.831 e. The lowest BCUT2D eigenvalue weighted by Gasteiger charge is -2.10. The van der Waals surface area contributed by atoms with E-state index in [9.17, 15) is 5.11 Å². The minimum Gasteiger partial charge on any atom is -0.831 e. The van der Waals surface area contributed by atoms with E-state index in [1.54, 1.807) is 0 Å². The first-order valence-electron chi connectivity index (χ1n) is 1.46. The van der Waals surface area contributed by atoms with Crippen LogP contribution in [0.2, 0.25) is 0 Å². The SMILES string of the molecule is COC(C)[O-]. The molecule has 0 N–H and O–H groups in total. The fraction of sp³-hybridized carbons (Fsp3) is 1.00. The van der Waals surface area contributed by atoms with E-state index in [2.05, 4.69) is 4.74 Å². The van der Waals surface area contributed by atoms with Gasteiger partial charge in [-0.1, -0.05) is 6.92 Å². The van der Waals surface area contributed by atoms with E-state index in [-0.39, 0.29) is 0 Å². The van der Waals surface area contributed by atoms with Crippen molar-refractivity contribution < 1.29 is 9.84 Å². The Morgan fingerprint density at radius 3 is 2.00 bits per heavy atom. The Kier molecular flexibility index (Phi) is 2.14. The van der Waals surface area contributed by atoms with E-state index in [0.717, 1.165) is 0 Å². The predicted octanol–water partition coefficient (Wildman–Crippen LogP) is -0.661. The van der Waals surface area contributed by atoms with Gasteiger partial charge in [-0.25, -0.2) is 0 Å². The van der Waals surface area contributed by atoms with E-state index in [4.69, 9.17) is 0 Å². The third-order valence-electron chi connectivity index (χ3n) is 0.332. The molecule has 2 heteroatoms. The molecule has 0 fully saturated rings. The van der Waals surface area contributed by atoms with Crippen molar-refractivity contribution >= 4 is 0 Å². The molecule has 1 atom stereocenters. The van der Waals surface area contributed by atoms with E-state index in [1.165, 1.54) is 14.0 Å². The van der Waals surface area contributed by atoms with Crippen LogP contribution in [0.3, 0.4) is 0 Å². The molecule has 0 saturated carbocycles. The Hall–Kier alpha value is -0.0800. The van der Waals surface area contributed by atoms with Crippen LogP contribution >= 0.6 is 0 Å². The van der Waals surface area contributed by atoms with Crippen molar-refractivity contribution in [3.63, 3.8) is 0 Å². The van der Waals surface area contributed by atoms with Gasteiger partial charge in [-0.15, -0.1) is 0 Å². The molecule has 0 aliphatic rings. The minimum atomic E-state index is -0.866. The summed E-state index contributed by atoms with van der Waals surface area (Å²) in [5.74, 6) is 0. The van der Waals surface area contributed by atoms with Gasteiger partial charge in [0.15, 0.2) is 0 Å². The lowest BCUT2D eigenvalue weighted by molar-refractivity contribution is -0.480. The summed E-state index contributed by atoms with van der Waals surface area (Å²) < 4.78 is 4.19. The molecule has 0 amide bonds. The molecule has 0 aromatic rings. The molecule has 0 saturated heterocycles. The average molecular weight is 75.1 g/mol. The van der Waals surface area contributed by atoms with Gasteiger partial charge in [0.1, 0.15) is 0 Å². The normalized spacial score (nSPS) is 15.0. The summed E-state index contributed by atoms with van der Waals surface area (Å²) in [5.41, 5.74) is 0. The molecule has 0 radical (unpaired) electrons. The van der Waals surface area contributed by atoms with Crippen molar-refractivity contribution in [1.82, 2.24) is 0 Å². The molecule has 0 aliphatic heterocycles. The molecule has 32 valence electrons. The van der Waals surface area contributed by atoms with E-state index in [1.807, 2.05) is 0 Å². The Bertz CT molecular complexity index is 18.9. The Morgan fingerprint density at radius 1 is 1.80 bits per heavy atom. The molecule has 0 heterocycles. The fourth-order valence-corrected chi connectivity index (χ4v) is 0. The van der Waals surface area contributed by atoms with Crippen LogP contribution in [0.15, 0.2) is 0 Å². The monoisotopic (exact) mass is 75.0 g/mol. The molecular weight excluding hydrogens is 68.0 g/mol. The summed E-state index contributed by atoms with van der Waals surface area (Å²) in [5, 5.41) is 9.67. The highest BCUT2D eigenvalue weighted by Gasteiger charge is 1.66. The number of methoxy groups -OCH3 is 1. The summed E-state index contributed by atoms with van der Waals surface area (Å²) in [6.45, 7) is 1.44. The highest BCUT2D eigenvalue weighted by molar-refractivity contribution is 4.07. The maximum absolute atomic E-state index is 9.67. The van der Waals surface area contributed by atoms with Crippen molar-refractivity contribution in [3.05, 3.63) is 0 Å². The van der Waals surface area contributed by atoms with Crippen LogP contribution in [-0.2, 0) is 4.74 Å². The zero-order chi connectivity index (χ0) is 4.28. The molecule has 0 rings (SSSR count). The maximum atomic E-state index is 9.67. The van der Waals surface area contributed by atoms with Gasteiger partial charge in [-0.2, -0.15) is 0 Å². The highest BCUT2D eigenvalue weighted by Crippen LogP contribution is 1.66. The standard InChI is InChI=1S/C3H7O2/c1-3(4)5-2/h3H,1-2H3/q-1. The molecule has 0 spiro atoms. The molecule has 0 aromatic carbocycles. The van der Waals surface area contributed by atoms with Crippen molar-refractivity contribution in [2.75, 3.05) is 7.11 Å². The van der Waals surface area contributed by atoms with Crippen LogP contribution < -0.4 is 5.11 Å². The van der Waals surface area contributed by atoms with Gasteiger partial charge < -0.3 is 9.84 Å². The molecule has 0 bridgehead atoms. The number of rotatable bonds is 1. The Labute approximate surface area is 31.4 Å². The van der Waals surface area contributed by atoms with E-state index in [0.29, 0.717) is 0 Å². The van der Waals surface area contributed by atoms with Crippen molar-refractivity contribution in [1.29, 1.82) is 0 Å². The topological polar surface area (TPSA) is 32.3 Å². The van der Waals surface area contributed by atoms with Crippen LogP contribution in [0.1, 0.15) is 6.92 Å². The van der Waals surface area contributed by atoms with Crippen molar-refractivity contribution in [2.24, 2.45) is 0 Å². The second-order valence-electron chi connectivity index (χ2n) is 0.803. The molecule has 0 aliphatic carbocycles. The van der Waals surface area contributed by atoms with Gasteiger partial charge in [0.25, 0.3) is 0 Å². The zero-order valence-electron chi connectivity index (χ0n) is 3.39. The fourth-order valence-electron chi connectivity index (χ4n) is 0. The second-order valence-corrected chi connectivity index (χ2v) is 0.803. The first kappa shape index (κ1) is 4.92. The van der Waals surface area contributed by atoms with Crippen LogP contribution in [-0.4, -0.2) is 13.4 Å². The second kappa shape index (κ2) is 2.18. The van der Waals surface area contributed by atoms with Gasteiger partial charge in [0.05, 0.1) is 0 Å². The minimum absolute atomic E-state index is 0.866. The van der Waals surface area contributed by atoms with Crippen LogP contribution in [0, 0.1) is 0 Å². The quantitative estimate of drug-likeness (QED) is 0.387. The molecule has 0 aromatic heterocycles. The van der Waals surface area contributed by atoms with E-state index >= 15 is 0 Å². The summed E-state index contributed by atoms with van der Waals surface area (Å²) in [6.07, 6.45) is -0.866. The first-order chi connectivity index (χ1) is 2.27. The van der Waals surface area contributed by atoms with Crippen molar-refractivity contribution in [2.45, 2.75) is 13.2 Å². The number of hydrogen-bond acceptors (Lipinski definition) is 2.